The Morgan fingerprint density at radius 3 is 2.67 bits per heavy atom. The van der Waals surface area contributed by atoms with E-state index in [0.717, 1.165) is 19.3 Å². The molecule has 1 aromatic carbocycles. The van der Waals surface area contributed by atoms with Crippen molar-refractivity contribution in [2.45, 2.75) is 29.7 Å². The van der Waals surface area contributed by atoms with E-state index in [1.54, 1.807) is 6.07 Å². The third kappa shape index (κ3) is 1.72. The van der Waals surface area contributed by atoms with Crippen LogP contribution in [0.1, 0.15) is 25.2 Å². The molecule has 0 radical (unpaired) electrons. The molecular weight excluding hydrogens is 252 g/mol. The van der Waals surface area contributed by atoms with Gasteiger partial charge in [0.2, 0.25) is 5.89 Å². The van der Waals surface area contributed by atoms with Crippen LogP contribution in [0, 0.1) is 0 Å². The number of rotatable bonds is 2. The van der Waals surface area contributed by atoms with Gasteiger partial charge in [0.1, 0.15) is 5.52 Å². The Morgan fingerprint density at radius 1 is 1.39 bits per heavy atom. The highest BCUT2D eigenvalue weighted by molar-refractivity contribution is 7.90. The number of oxazole rings is 1. The average Bonchev–Trinajstić information content (AvgIpc) is 2.67. The molecule has 3 rings (SSSR count). The molecule has 0 spiro atoms. The summed E-state index contributed by atoms with van der Waals surface area (Å²) < 4.78 is 28.5. The van der Waals surface area contributed by atoms with E-state index in [1.807, 2.05) is 0 Å². The van der Waals surface area contributed by atoms with E-state index in [0.29, 0.717) is 17.0 Å². The smallest absolute Gasteiger partial charge is 0.215 e. The fourth-order valence-electron chi connectivity index (χ4n) is 2.12. The molecule has 2 aromatic rings. The van der Waals surface area contributed by atoms with E-state index in [2.05, 4.69) is 4.98 Å². The summed E-state index contributed by atoms with van der Waals surface area (Å²) in [6.45, 7) is 0. The van der Waals surface area contributed by atoms with Gasteiger partial charge in [-0.2, -0.15) is 0 Å². The number of benzene rings is 1. The number of sulfone groups is 1. The summed E-state index contributed by atoms with van der Waals surface area (Å²) in [5.41, 5.74) is 6.79. The SMILES string of the molecule is CS(=O)(=O)c1ccc2oc(C3(N)CCC3)nc2c1. The minimum atomic E-state index is -3.22. The van der Waals surface area contributed by atoms with E-state index in [4.69, 9.17) is 10.2 Å². The molecule has 5 nitrogen and oxygen atoms in total. The second-order valence-electron chi connectivity index (χ2n) is 4.93. The van der Waals surface area contributed by atoms with Gasteiger partial charge in [-0.1, -0.05) is 0 Å². The van der Waals surface area contributed by atoms with Crippen molar-refractivity contribution in [2.75, 3.05) is 6.26 Å². The van der Waals surface area contributed by atoms with Gasteiger partial charge in [-0.05, 0) is 37.5 Å². The molecule has 1 aliphatic carbocycles. The maximum absolute atomic E-state index is 11.5. The van der Waals surface area contributed by atoms with Crippen LogP contribution in [0.2, 0.25) is 0 Å². The van der Waals surface area contributed by atoms with Crippen molar-refractivity contribution in [3.8, 4) is 0 Å². The third-order valence-electron chi connectivity index (χ3n) is 3.46. The number of nitrogens with two attached hydrogens (primary N) is 1. The van der Waals surface area contributed by atoms with Crippen molar-refractivity contribution in [3.63, 3.8) is 0 Å². The monoisotopic (exact) mass is 266 g/mol. The van der Waals surface area contributed by atoms with E-state index < -0.39 is 15.4 Å². The summed E-state index contributed by atoms with van der Waals surface area (Å²) in [6.07, 6.45) is 3.97. The number of fused-ring (bicyclic) bond motifs is 1. The lowest BCUT2D eigenvalue weighted by atomic mass is 9.78. The Hall–Kier alpha value is -1.40. The zero-order chi connectivity index (χ0) is 13.0. The molecule has 1 saturated carbocycles. The van der Waals surface area contributed by atoms with Gasteiger partial charge >= 0.3 is 0 Å². The van der Waals surface area contributed by atoms with Gasteiger partial charge in [0.25, 0.3) is 0 Å². The zero-order valence-electron chi connectivity index (χ0n) is 10.0. The summed E-state index contributed by atoms with van der Waals surface area (Å²) in [4.78, 5) is 4.57. The lowest BCUT2D eigenvalue weighted by molar-refractivity contribution is 0.203. The highest BCUT2D eigenvalue weighted by Crippen LogP contribution is 2.39. The van der Waals surface area contributed by atoms with Crippen molar-refractivity contribution >= 4 is 20.9 Å². The van der Waals surface area contributed by atoms with Crippen LogP contribution in [0.15, 0.2) is 27.5 Å². The summed E-state index contributed by atoms with van der Waals surface area (Å²) in [7, 11) is -3.22. The predicted octanol–water partition coefficient (Wildman–Crippen LogP) is 1.57. The normalized spacial score (nSPS) is 18.8. The highest BCUT2D eigenvalue weighted by Gasteiger charge is 2.39. The van der Waals surface area contributed by atoms with Crippen LogP contribution in [-0.4, -0.2) is 19.7 Å². The summed E-state index contributed by atoms with van der Waals surface area (Å²) in [5, 5.41) is 0. The second-order valence-corrected chi connectivity index (χ2v) is 6.95. The molecule has 2 N–H and O–H groups in total. The maximum atomic E-state index is 11.5. The largest absolute Gasteiger partial charge is 0.439 e. The summed E-state index contributed by atoms with van der Waals surface area (Å²) in [6, 6.07) is 4.68. The van der Waals surface area contributed by atoms with Gasteiger partial charge in [-0.25, -0.2) is 13.4 Å². The van der Waals surface area contributed by atoms with Crippen LogP contribution >= 0.6 is 0 Å². The molecule has 1 heterocycles. The topological polar surface area (TPSA) is 86.2 Å². The van der Waals surface area contributed by atoms with Gasteiger partial charge in [0.15, 0.2) is 15.4 Å². The van der Waals surface area contributed by atoms with Crippen molar-refractivity contribution in [2.24, 2.45) is 5.73 Å². The molecule has 1 aliphatic rings. The summed E-state index contributed by atoms with van der Waals surface area (Å²) >= 11 is 0. The van der Waals surface area contributed by atoms with E-state index in [1.165, 1.54) is 18.4 Å². The van der Waals surface area contributed by atoms with Gasteiger partial charge in [0, 0.05) is 6.26 Å². The Bertz CT molecular complexity index is 714. The first-order valence-electron chi connectivity index (χ1n) is 5.78. The second kappa shape index (κ2) is 3.55. The van der Waals surface area contributed by atoms with E-state index in [-0.39, 0.29) is 4.90 Å². The molecule has 0 bridgehead atoms. The van der Waals surface area contributed by atoms with Gasteiger partial charge in [-0.3, -0.25) is 0 Å². The van der Waals surface area contributed by atoms with Gasteiger partial charge in [-0.15, -0.1) is 0 Å². The first-order chi connectivity index (χ1) is 8.38. The van der Waals surface area contributed by atoms with E-state index in [9.17, 15) is 8.42 Å². The number of nitrogens with zero attached hydrogens (tertiary/aromatic N) is 1. The third-order valence-corrected chi connectivity index (χ3v) is 4.57. The fraction of sp³-hybridized carbons (Fsp3) is 0.417. The molecule has 96 valence electrons. The van der Waals surface area contributed by atoms with E-state index >= 15 is 0 Å². The quantitative estimate of drug-likeness (QED) is 0.891. The number of aromatic nitrogens is 1. The van der Waals surface area contributed by atoms with Crippen LogP contribution < -0.4 is 5.73 Å². The van der Waals surface area contributed by atoms with Crippen LogP contribution in [0.5, 0.6) is 0 Å². The Labute approximate surface area is 105 Å². The Morgan fingerprint density at radius 2 is 2.11 bits per heavy atom. The molecule has 1 fully saturated rings. The average molecular weight is 266 g/mol. The van der Waals surface area contributed by atoms with Crippen molar-refractivity contribution in [1.29, 1.82) is 0 Å². The highest BCUT2D eigenvalue weighted by atomic mass is 32.2. The lowest BCUT2D eigenvalue weighted by Gasteiger charge is -2.34. The predicted molar refractivity (Wildman–Crippen MR) is 66.8 cm³/mol. The van der Waals surface area contributed by atoms with Crippen molar-refractivity contribution in [3.05, 3.63) is 24.1 Å². The Balaban J connectivity index is 2.13. The first-order valence-corrected chi connectivity index (χ1v) is 7.68. The molecule has 0 aliphatic heterocycles. The van der Waals surface area contributed by atoms with Crippen molar-refractivity contribution < 1.29 is 12.8 Å². The molecule has 0 saturated heterocycles. The van der Waals surface area contributed by atoms with Crippen LogP contribution in [0.3, 0.4) is 0 Å². The lowest BCUT2D eigenvalue weighted by Crippen LogP contribution is -2.43. The maximum Gasteiger partial charge on any atom is 0.215 e. The Kier molecular flexibility index (Phi) is 2.30. The molecule has 18 heavy (non-hydrogen) atoms. The fourth-order valence-corrected chi connectivity index (χ4v) is 2.76. The van der Waals surface area contributed by atoms with Crippen molar-refractivity contribution in [1.82, 2.24) is 4.98 Å². The number of hydrogen-bond acceptors (Lipinski definition) is 5. The molecular formula is C12H14N2O3S. The van der Waals surface area contributed by atoms with Gasteiger partial charge in [0.05, 0.1) is 10.4 Å². The number of hydrogen-bond donors (Lipinski definition) is 1. The minimum Gasteiger partial charge on any atom is -0.439 e. The van der Waals surface area contributed by atoms with Crippen LogP contribution in [0.4, 0.5) is 0 Å². The van der Waals surface area contributed by atoms with Gasteiger partial charge < -0.3 is 10.2 Å². The van der Waals surface area contributed by atoms with Crippen LogP contribution in [0.25, 0.3) is 11.1 Å². The minimum absolute atomic E-state index is 0.245. The van der Waals surface area contributed by atoms with Crippen LogP contribution in [-0.2, 0) is 15.4 Å². The first kappa shape index (κ1) is 11.7. The molecule has 6 heteroatoms. The standard InChI is InChI=1S/C12H14N2O3S/c1-18(15,16)8-3-4-10-9(7-8)14-11(17-10)12(13)5-2-6-12/h3-4,7H,2,5-6,13H2,1H3. The summed E-state index contributed by atoms with van der Waals surface area (Å²) in [5.74, 6) is 0.509. The molecule has 1 aromatic heterocycles. The molecule has 0 unspecified atom stereocenters. The molecule has 0 amide bonds. The zero-order valence-corrected chi connectivity index (χ0v) is 10.8. The molecule has 0 atom stereocenters.